The summed E-state index contributed by atoms with van der Waals surface area (Å²) in [6.07, 6.45) is 5.36. The molecule has 1 aliphatic carbocycles. The molecule has 2 N–H and O–H groups in total. The van der Waals surface area contributed by atoms with Crippen molar-refractivity contribution in [2.45, 2.75) is 23.8 Å². The van der Waals surface area contributed by atoms with Gasteiger partial charge in [0.1, 0.15) is 5.75 Å². The lowest BCUT2D eigenvalue weighted by atomic mass is 10.1. The molecule has 0 atom stereocenters. The second-order valence-electron chi connectivity index (χ2n) is 6.97. The molecule has 0 aliphatic heterocycles. The van der Waals surface area contributed by atoms with Gasteiger partial charge in [-0.1, -0.05) is 17.7 Å². The minimum Gasteiger partial charge on any atom is -0.496 e. The maximum atomic E-state index is 12.9. The lowest BCUT2D eigenvalue weighted by Crippen LogP contribution is -2.25. The Labute approximate surface area is 179 Å². The molecule has 0 bridgehead atoms. The van der Waals surface area contributed by atoms with Gasteiger partial charge in [0.2, 0.25) is 10.0 Å². The number of nitrogens with zero attached hydrogens (tertiary/aromatic N) is 1. The van der Waals surface area contributed by atoms with Gasteiger partial charge in [-0.3, -0.25) is 4.79 Å². The van der Waals surface area contributed by atoms with Gasteiger partial charge in [0.15, 0.2) is 0 Å². The minimum atomic E-state index is -3.62. The number of ether oxygens (including phenoxy) is 1. The van der Waals surface area contributed by atoms with Crippen molar-refractivity contribution < 1.29 is 17.9 Å². The summed E-state index contributed by atoms with van der Waals surface area (Å²) in [4.78, 5) is 13.0. The average Bonchev–Trinajstić information content (AvgIpc) is 3.35. The summed E-state index contributed by atoms with van der Waals surface area (Å²) in [5.41, 5.74) is 1.27. The lowest BCUT2D eigenvalue weighted by molar-refractivity contribution is 0.102. The fraction of sp³-hybridized carbons (Fsp3) is 0.190. The normalized spacial score (nSPS) is 13.8. The van der Waals surface area contributed by atoms with Crippen molar-refractivity contribution in [3.8, 4) is 11.4 Å². The van der Waals surface area contributed by atoms with Crippen molar-refractivity contribution in [2.24, 2.45) is 0 Å². The highest BCUT2D eigenvalue weighted by molar-refractivity contribution is 7.89. The van der Waals surface area contributed by atoms with Crippen molar-refractivity contribution in [3.05, 3.63) is 71.5 Å². The van der Waals surface area contributed by atoms with Crippen molar-refractivity contribution >= 4 is 33.2 Å². The van der Waals surface area contributed by atoms with Gasteiger partial charge < -0.3 is 14.6 Å². The Morgan fingerprint density at radius 2 is 1.87 bits per heavy atom. The quantitative estimate of drug-likeness (QED) is 0.578. The molecular formula is C21H20ClN3O4S. The minimum absolute atomic E-state index is 0.00142. The molecule has 156 valence electrons. The SMILES string of the molecule is COc1cc(-n2cccc2)c(Cl)cc1C(=O)Nc1cccc(S(=O)(=O)NC2CC2)c1. The van der Waals surface area contributed by atoms with E-state index < -0.39 is 15.9 Å². The van der Waals surface area contributed by atoms with E-state index in [9.17, 15) is 13.2 Å². The third-order valence-corrected chi connectivity index (χ3v) is 6.52. The van der Waals surface area contributed by atoms with E-state index in [0.717, 1.165) is 12.8 Å². The molecule has 0 unspecified atom stereocenters. The van der Waals surface area contributed by atoms with E-state index in [1.165, 1.54) is 25.3 Å². The Morgan fingerprint density at radius 3 is 2.53 bits per heavy atom. The average molecular weight is 446 g/mol. The predicted octanol–water partition coefficient (Wildman–Crippen LogP) is 3.83. The van der Waals surface area contributed by atoms with Gasteiger partial charge in [0, 0.05) is 30.2 Å². The first-order valence-corrected chi connectivity index (χ1v) is 11.2. The highest BCUT2D eigenvalue weighted by atomic mass is 35.5. The van der Waals surface area contributed by atoms with E-state index in [4.69, 9.17) is 16.3 Å². The van der Waals surface area contributed by atoms with Crippen LogP contribution >= 0.6 is 11.6 Å². The molecule has 1 heterocycles. The number of hydrogen-bond donors (Lipinski definition) is 2. The van der Waals surface area contributed by atoms with Gasteiger partial charge in [-0.05, 0) is 49.2 Å². The Morgan fingerprint density at radius 1 is 1.13 bits per heavy atom. The van der Waals surface area contributed by atoms with Crippen LogP contribution in [0.25, 0.3) is 5.69 Å². The monoisotopic (exact) mass is 445 g/mol. The van der Waals surface area contributed by atoms with Crippen LogP contribution < -0.4 is 14.8 Å². The van der Waals surface area contributed by atoms with Crippen LogP contribution in [0.1, 0.15) is 23.2 Å². The summed E-state index contributed by atoms with van der Waals surface area (Å²) in [6, 6.07) is 13.0. The molecule has 0 radical (unpaired) electrons. The molecule has 3 aromatic rings. The summed E-state index contributed by atoms with van der Waals surface area (Å²) in [5.74, 6) is -0.114. The molecule has 30 heavy (non-hydrogen) atoms. The Balaban J connectivity index is 1.60. The molecule has 0 saturated heterocycles. The van der Waals surface area contributed by atoms with Crippen LogP contribution in [0.4, 0.5) is 5.69 Å². The number of carbonyl (C=O) groups is 1. The molecule has 9 heteroatoms. The number of aromatic nitrogens is 1. The number of hydrogen-bond acceptors (Lipinski definition) is 4. The van der Waals surface area contributed by atoms with E-state index in [-0.39, 0.29) is 16.5 Å². The third kappa shape index (κ3) is 4.35. The fourth-order valence-corrected chi connectivity index (χ4v) is 4.62. The standard InChI is InChI=1S/C21H20ClN3O4S/c1-29-20-13-19(25-9-2-3-10-25)18(22)12-17(20)21(26)23-15-5-4-6-16(11-15)30(27,28)24-14-7-8-14/h2-6,9-14,24H,7-8H2,1H3,(H,23,26). The summed E-state index contributed by atoms with van der Waals surface area (Å²) in [5, 5.41) is 3.10. The zero-order valence-corrected chi connectivity index (χ0v) is 17.7. The molecule has 7 nitrogen and oxygen atoms in total. The number of amides is 1. The van der Waals surface area contributed by atoms with Crippen LogP contribution in [0.2, 0.25) is 5.02 Å². The van der Waals surface area contributed by atoms with Gasteiger partial charge in [0.05, 0.1) is 28.3 Å². The first kappa shape index (κ1) is 20.5. The number of rotatable bonds is 7. The largest absolute Gasteiger partial charge is 0.496 e. The number of benzene rings is 2. The molecule has 1 amide bonds. The van der Waals surface area contributed by atoms with E-state index in [0.29, 0.717) is 22.1 Å². The first-order chi connectivity index (χ1) is 14.4. The maximum absolute atomic E-state index is 12.9. The molecule has 1 aromatic heterocycles. The van der Waals surface area contributed by atoms with Crippen molar-refractivity contribution in [3.63, 3.8) is 0 Å². The maximum Gasteiger partial charge on any atom is 0.259 e. The summed E-state index contributed by atoms with van der Waals surface area (Å²) in [6.45, 7) is 0. The van der Waals surface area contributed by atoms with E-state index in [1.807, 2.05) is 29.1 Å². The number of sulfonamides is 1. The Kier molecular flexibility index (Phi) is 5.55. The van der Waals surface area contributed by atoms with Crippen LogP contribution in [-0.4, -0.2) is 32.0 Å². The first-order valence-electron chi connectivity index (χ1n) is 9.32. The van der Waals surface area contributed by atoms with E-state index >= 15 is 0 Å². The van der Waals surface area contributed by atoms with Gasteiger partial charge in [-0.2, -0.15) is 0 Å². The molecular weight excluding hydrogens is 426 g/mol. The Bertz CT molecular complexity index is 1190. The summed E-state index contributed by atoms with van der Waals surface area (Å²) < 4.78 is 34.7. The van der Waals surface area contributed by atoms with Crippen molar-refractivity contribution in [1.82, 2.24) is 9.29 Å². The molecule has 1 saturated carbocycles. The van der Waals surface area contributed by atoms with E-state index in [2.05, 4.69) is 10.0 Å². The number of nitrogens with one attached hydrogen (secondary N) is 2. The second kappa shape index (κ2) is 8.14. The number of anilines is 1. The highest BCUT2D eigenvalue weighted by Gasteiger charge is 2.28. The lowest BCUT2D eigenvalue weighted by Gasteiger charge is -2.14. The van der Waals surface area contributed by atoms with Crippen LogP contribution in [0.3, 0.4) is 0 Å². The zero-order chi connectivity index (χ0) is 21.3. The van der Waals surface area contributed by atoms with Gasteiger partial charge in [-0.25, -0.2) is 13.1 Å². The smallest absolute Gasteiger partial charge is 0.259 e. The molecule has 2 aromatic carbocycles. The molecule has 1 fully saturated rings. The molecule has 0 spiro atoms. The van der Waals surface area contributed by atoms with Gasteiger partial charge in [-0.15, -0.1) is 0 Å². The highest BCUT2D eigenvalue weighted by Crippen LogP contribution is 2.31. The fourth-order valence-electron chi connectivity index (χ4n) is 3.01. The number of halogens is 1. The van der Waals surface area contributed by atoms with Crippen LogP contribution in [0, 0.1) is 0 Å². The number of methoxy groups -OCH3 is 1. The number of carbonyl (C=O) groups excluding carboxylic acids is 1. The van der Waals surface area contributed by atoms with Gasteiger partial charge in [0.25, 0.3) is 5.91 Å². The van der Waals surface area contributed by atoms with Crippen LogP contribution in [0.5, 0.6) is 5.75 Å². The van der Waals surface area contributed by atoms with Crippen LogP contribution in [0.15, 0.2) is 65.8 Å². The predicted molar refractivity (Wildman–Crippen MR) is 115 cm³/mol. The van der Waals surface area contributed by atoms with Crippen molar-refractivity contribution in [1.29, 1.82) is 0 Å². The second-order valence-corrected chi connectivity index (χ2v) is 9.09. The third-order valence-electron chi connectivity index (χ3n) is 4.70. The van der Waals surface area contributed by atoms with Gasteiger partial charge >= 0.3 is 0 Å². The summed E-state index contributed by atoms with van der Waals surface area (Å²) >= 11 is 6.39. The Hall–Kier alpha value is -2.81. The molecule has 4 rings (SSSR count). The zero-order valence-electron chi connectivity index (χ0n) is 16.1. The molecule has 1 aliphatic rings. The summed E-state index contributed by atoms with van der Waals surface area (Å²) in [7, 11) is -2.15. The van der Waals surface area contributed by atoms with E-state index in [1.54, 1.807) is 18.2 Å². The van der Waals surface area contributed by atoms with Crippen molar-refractivity contribution in [2.75, 3.05) is 12.4 Å². The van der Waals surface area contributed by atoms with Crippen LogP contribution in [-0.2, 0) is 10.0 Å². The topological polar surface area (TPSA) is 89.4 Å².